The van der Waals surface area contributed by atoms with Crippen LogP contribution in [0.5, 0.6) is 0 Å². The molecule has 0 radical (unpaired) electrons. The summed E-state index contributed by atoms with van der Waals surface area (Å²) < 4.78 is 9.68. The summed E-state index contributed by atoms with van der Waals surface area (Å²) in [6.07, 6.45) is 0. The van der Waals surface area contributed by atoms with E-state index in [2.05, 4.69) is 10.6 Å². The van der Waals surface area contributed by atoms with Crippen molar-refractivity contribution in [2.24, 2.45) is 0 Å². The zero-order valence-electron chi connectivity index (χ0n) is 15.6. The highest BCUT2D eigenvalue weighted by Gasteiger charge is 2.12. The second kappa shape index (κ2) is 10.8. The van der Waals surface area contributed by atoms with Crippen LogP contribution in [0.2, 0.25) is 5.02 Å². The zero-order valence-corrected chi connectivity index (χ0v) is 16.3. The molecule has 0 aliphatic heterocycles. The van der Waals surface area contributed by atoms with Crippen LogP contribution in [0.4, 0.5) is 5.69 Å². The first-order chi connectivity index (χ1) is 13.9. The summed E-state index contributed by atoms with van der Waals surface area (Å²) in [6, 6.07) is 12.2. The molecule has 0 aromatic heterocycles. The summed E-state index contributed by atoms with van der Waals surface area (Å²) in [5.74, 6) is -2.25. The lowest BCUT2D eigenvalue weighted by Crippen LogP contribution is -2.32. The summed E-state index contributed by atoms with van der Waals surface area (Å²) in [5, 5.41) is 5.40. The van der Waals surface area contributed by atoms with E-state index in [-0.39, 0.29) is 13.2 Å². The molecule has 9 heteroatoms. The highest BCUT2D eigenvalue weighted by molar-refractivity contribution is 6.30. The molecule has 0 saturated heterocycles. The first-order valence-electron chi connectivity index (χ1n) is 8.65. The van der Waals surface area contributed by atoms with E-state index in [0.29, 0.717) is 21.8 Å². The van der Waals surface area contributed by atoms with E-state index in [1.807, 2.05) is 0 Å². The minimum atomic E-state index is -0.764. The summed E-state index contributed by atoms with van der Waals surface area (Å²) in [4.78, 5) is 47.0. The number of ether oxygens (including phenoxy) is 2. The number of benzene rings is 2. The van der Waals surface area contributed by atoms with E-state index in [1.54, 1.807) is 19.1 Å². The van der Waals surface area contributed by atoms with Crippen LogP contribution in [0.25, 0.3) is 0 Å². The largest absolute Gasteiger partial charge is 0.462 e. The van der Waals surface area contributed by atoms with E-state index in [4.69, 9.17) is 21.1 Å². The smallest absolute Gasteiger partial charge is 0.338 e. The Hall–Kier alpha value is -3.39. The Morgan fingerprint density at radius 1 is 0.897 bits per heavy atom. The monoisotopic (exact) mass is 418 g/mol. The predicted molar refractivity (Wildman–Crippen MR) is 106 cm³/mol. The van der Waals surface area contributed by atoms with Gasteiger partial charge in [0.1, 0.15) is 6.54 Å². The van der Waals surface area contributed by atoms with Crippen LogP contribution in [-0.4, -0.2) is 43.5 Å². The van der Waals surface area contributed by atoms with Gasteiger partial charge in [0.05, 0.1) is 12.2 Å². The molecule has 152 valence electrons. The SMILES string of the molecule is CCOC(=O)c1ccc(NC(=O)COC(=O)CNC(=O)c2ccc(Cl)cc2)cc1. The van der Waals surface area contributed by atoms with Crippen molar-refractivity contribution >= 4 is 41.0 Å². The number of carbonyl (C=O) groups excluding carboxylic acids is 4. The fourth-order valence-electron chi connectivity index (χ4n) is 2.15. The van der Waals surface area contributed by atoms with Crippen LogP contribution >= 0.6 is 11.6 Å². The first-order valence-corrected chi connectivity index (χ1v) is 9.03. The molecule has 0 bridgehead atoms. The summed E-state index contributed by atoms with van der Waals surface area (Å²) in [6.45, 7) is 1.07. The number of anilines is 1. The topological polar surface area (TPSA) is 111 Å². The summed E-state index contributed by atoms with van der Waals surface area (Å²) in [7, 11) is 0. The Labute approximate surface area is 172 Å². The fourth-order valence-corrected chi connectivity index (χ4v) is 2.28. The molecule has 2 rings (SSSR count). The lowest BCUT2D eigenvalue weighted by Gasteiger charge is -2.08. The molecule has 0 aliphatic carbocycles. The van der Waals surface area contributed by atoms with Gasteiger partial charge in [-0.05, 0) is 55.5 Å². The number of halogens is 1. The highest BCUT2D eigenvalue weighted by Crippen LogP contribution is 2.11. The maximum Gasteiger partial charge on any atom is 0.338 e. The molecular formula is C20H19ClN2O6. The van der Waals surface area contributed by atoms with Gasteiger partial charge in [-0.25, -0.2) is 4.79 Å². The second-order valence-electron chi connectivity index (χ2n) is 5.70. The molecule has 0 atom stereocenters. The Morgan fingerprint density at radius 3 is 2.14 bits per heavy atom. The summed E-state index contributed by atoms with van der Waals surface area (Å²) >= 11 is 5.74. The number of carbonyl (C=O) groups is 4. The second-order valence-corrected chi connectivity index (χ2v) is 6.13. The third-order valence-electron chi connectivity index (χ3n) is 3.54. The average Bonchev–Trinajstić information content (AvgIpc) is 2.71. The Morgan fingerprint density at radius 2 is 1.52 bits per heavy atom. The van der Waals surface area contributed by atoms with E-state index < -0.39 is 30.4 Å². The number of hydrogen-bond acceptors (Lipinski definition) is 6. The molecule has 0 unspecified atom stereocenters. The van der Waals surface area contributed by atoms with Gasteiger partial charge in [-0.1, -0.05) is 11.6 Å². The van der Waals surface area contributed by atoms with E-state index in [9.17, 15) is 19.2 Å². The van der Waals surface area contributed by atoms with E-state index in [0.717, 1.165) is 0 Å². The molecule has 0 saturated carbocycles. The quantitative estimate of drug-likeness (QED) is 0.637. The average molecular weight is 419 g/mol. The van der Waals surface area contributed by atoms with Gasteiger partial charge in [-0.15, -0.1) is 0 Å². The Bertz CT molecular complexity index is 881. The third-order valence-corrected chi connectivity index (χ3v) is 3.80. The molecule has 2 aromatic rings. The minimum absolute atomic E-state index is 0.267. The number of esters is 2. The molecule has 0 aliphatic rings. The van der Waals surface area contributed by atoms with Gasteiger partial charge >= 0.3 is 11.9 Å². The highest BCUT2D eigenvalue weighted by atomic mass is 35.5. The molecule has 2 N–H and O–H groups in total. The minimum Gasteiger partial charge on any atom is -0.462 e. The van der Waals surface area contributed by atoms with Crippen LogP contribution in [0.1, 0.15) is 27.6 Å². The van der Waals surface area contributed by atoms with Crippen LogP contribution in [0.3, 0.4) is 0 Å². The van der Waals surface area contributed by atoms with Crippen LogP contribution < -0.4 is 10.6 Å². The molecule has 0 spiro atoms. The van der Waals surface area contributed by atoms with Gasteiger partial charge < -0.3 is 20.1 Å². The van der Waals surface area contributed by atoms with E-state index in [1.165, 1.54) is 36.4 Å². The van der Waals surface area contributed by atoms with Crippen LogP contribution in [-0.2, 0) is 19.1 Å². The Kier molecular flexibility index (Phi) is 8.17. The van der Waals surface area contributed by atoms with Gasteiger partial charge in [0.25, 0.3) is 11.8 Å². The first kappa shape index (κ1) is 21.9. The number of amides is 2. The van der Waals surface area contributed by atoms with Crippen molar-refractivity contribution in [1.29, 1.82) is 0 Å². The fraction of sp³-hybridized carbons (Fsp3) is 0.200. The van der Waals surface area contributed by atoms with Crippen molar-refractivity contribution in [3.8, 4) is 0 Å². The van der Waals surface area contributed by atoms with Crippen molar-refractivity contribution in [2.75, 3.05) is 25.1 Å². The van der Waals surface area contributed by atoms with Gasteiger partial charge in [0.2, 0.25) is 0 Å². The molecule has 8 nitrogen and oxygen atoms in total. The third kappa shape index (κ3) is 7.27. The molecule has 2 aromatic carbocycles. The maximum atomic E-state index is 11.9. The molecular weight excluding hydrogens is 400 g/mol. The number of nitrogens with one attached hydrogen (secondary N) is 2. The zero-order chi connectivity index (χ0) is 21.2. The molecule has 0 fully saturated rings. The molecule has 2 amide bonds. The van der Waals surface area contributed by atoms with Crippen LogP contribution in [0, 0.1) is 0 Å². The van der Waals surface area contributed by atoms with Gasteiger partial charge in [0, 0.05) is 16.3 Å². The van der Waals surface area contributed by atoms with Crippen molar-refractivity contribution in [3.05, 3.63) is 64.7 Å². The molecule has 29 heavy (non-hydrogen) atoms. The normalized spacial score (nSPS) is 10.0. The van der Waals surface area contributed by atoms with Crippen molar-refractivity contribution in [2.45, 2.75) is 6.92 Å². The van der Waals surface area contributed by atoms with Crippen molar-refractivity contribution in [3.63, 3.8) is 0 Å². The van der Waals surface area contributed by atoms with Gasteiger partial charge in [0.15, 0.2) is 6.61 Å². The van der Waals surface area contributed by atoms with Crippen molar-refractivity contribution in [1.82, 2.24) is 5.32 Å². The molecule has 0 heterocycles. The van der Waals surface area contributed by atoms with Crippen LogP contribution in [0.15, 0.2) is 48.5 Å². The van der Waals surface area contributed by atoms with E-state index >= 15 is 0 Å². The van der Waals surface area contributed by atoms with Gasteiger partial charge in [-0.3, -0.25) is 14.4 Å². The predicted octanol–water partition coefficient (Wildman–Crippen LogP) is 2.43. The van der Waals surface area contributed by atoms with Crippen molar-refractivity contribution < 1.29 is 28.7 Å². The lowest BCUT2D eigenvalue weighted by atomic mass is 10.2. The lowest BCUT2D eigenvalue weighted by molar-refractivity contribution is -0.146. The standard InChI is InChI=1S/C20H19ClN2O6/c1-2-28-20(27)14-5-9-16(10-6-14)23-17(24)12-29-18(25)11-22-19(26)13-3-7-15(21)8-4-13/h3-10H,2,11-12H2,1H3,(H,22,26)(H,23,24). The number of rotatable bonds is 8. The maximum absolute atomic E-state index is 11.9. The van der Waals surface area contributed by atoms with Gasteiger partial charge in [-0.2, -0.15) is 0 Å². The summed E-state index contributed by atoms with van der Waals surface area (Å²) in [5.41, 5.74) is 1.12. The Balaban J connectivity index is 1.72. The number of hydrogen-bond donors (Lipinski definition) is 2.